The Morgan fingerprint density at radius 2 is 2.03 bits per heavy atom. The van der Waals surface area contributed by atoms with Gasteiger partial charge in [-0.3, -0.25) is 14.4 Å². The molecule has 3 unspecified atom stereocenters. The lowest BCUT2D eigenvalue weighted by Crippen LogP contribution is -2.56. The van der Waals surface area contributed by atoms with Gasteiger partial charge in [0.25, 0.3) is 0 Å². The Balaban J connectivity index is 1.99. The first kappa shape index (κ1) is 27.4. The van der Waals surface area contributed by atoms with Crippen LogP contribution in [0.4, 0.5) is 0 Å². The van der Waals surface area contributed by atoms with Crippen molar-refractivity contribution in [3.8, 4) is 0 Å². The summed E-state index contributed by atoms with van der Waals surface area (Å²) in [6, 6.07) is -0.841. The van der Waals surface area contributed by atoms with Crippen molar-refractivity contribution < 1.29 is 29.0 Å². The standard InChI is InChI=1S/C27H42N2O6/c1-6-9-11-17-34-25(33)21-20-23(31)29(15-12-16-30)22(24(32)28(13-8-3)14-10-7-2)27(20)18-19(4)26(21,5)35-27/h6,8,19-22,30H,1,3,7,9-18H2,2,4-5H3/t19?,20-,21-,22?,26+,27?/m0/s1. The number of aliphatic hydroxyl groups is 1. The number of carbonyl (C=O) groups is 3. The second-order valence-corrected chi connectivity index (χ2v) is 10.3. The summed E-state index contributed by atoms with van der Waals surface area (Å²) in [4.78, 5) is 44.6. The third kappa shape index (κ3) is 4.67. The number of nitrogens with zero attached hydrogens (tertiary/aromatic N) is 2. The molecular weight excluding hydrogens is 448 g/mol. The molecule has 0 aromatic rings. The molecule has 0 aromatic carbocycles. The molecule has 1 N–H and O–H groups in total. The minimum atomic E-state index is -1.09. The van der Waals surface area contributed by atoms with Gasteiger partial charge in [-0.05, 0) is 44.9 Å². The number of ether oxygens (including phenoxy) is 2. The first-order valence-corrected chi connectivity index (χ1v) is 13.0. The van der Waals surface area contributed by atoms with E-state index in [1.165, 1.54) is 0 Å². The molecule has 2 amide bonds. The molecule has 1 spiro atoms. The first-order valence-electron chi connectivity index (χ1n) is 13.0. The number of fused-ring (bicyclic) bond motifs is 1. The zero-order valence-corrected chi connectivity index (χ0v) is 21.5. The van der Waals surface area contributed by atoms with Gasteiger partial charge in [-0.15, -0.1) is 13.2 Å². The SMILES string of the molecule is C=CCCCOC(=O)[C@@H]1[C@H]2C(=O)N(CCCO)C(C(=O)N(CC=C)CCCC)C23CC(C)[C@@]1(C)O3. The maximum atomic E-state index is 14.0. The topological polar surface area (TPSA) is 96.4 Å². The Morgan fingerprint density at radius 3 is 2.66 bits per heavy atom. The van der Waals surface area contributed by atoms with Gasteiger partial charge in [0.1, 0.15) is 17.6 Å². The summed E-state index contributed by atoms with van der Waals surface area (Å²) in [5, 5.41) is 9.49. The van der Waals surface area contributed by atoms with E-state index in [1.807, 2.05) is 13.8 Å². The number of allylic oxidation sites excluding steroid dienone is 1. The lowest BCUT2D eigenvalue weighted by atomic mass is 9.62. The highest BCUT2D eigenvalue weighted by molar-refractivity contribution is 5.98. The molecule has 3 rings (SSSR count). The third-order valence-corrected chi connectivity index (χ3v) is 8.10. The number of amides is 2. The molecule has 8 heteroatoms. The highest BCUT2D eigenvalue weighted by atomic mass is 16.6. The number of hydrogen-bond donors (Lipinski definition) is 1. The summed E-state index contributed by atoms with van der Waals surface area (Å²) in [6.45, 7) is 14.8. The summed E-state index contributed by atoms with van der Waals surface area (Å²) in [6.07, 6.45) is 7.49. The lowest BCUT2D eigenvalue weighted by molar-refractivity contribution is -0.162. The van der Waals surface area contributed by atoms with E-state index in [4.69, 9.17) is 9.47 Å². The van der Waals surface area contributed by atoms with E-state index in [-0.39, 0.29) is 37.5 Å². The quantitative estimate of drug-likeness (QED) is 0.229. The smallest absolute Gasteiger partial charge is 0.312 e. The van der Waals surface area contributed by atoms with Crippen LogP contribution in [0.5, 0.6) is 0 Å². The van der Waals surface area contributed by atoms with Gasteiger partial charge < -0.3 is 24.4 Å². The second kappa shape index (κ2) is 11.2. The highest BCUT2D eigenvalue weighted by Crippen LogP contribution is 2.65. The molecule has 2 bridgehead atoms. The van der Waals surface area contributed by atoms with Gasteiger partial charge in [0.2, 0.25) is 11.8 Å². The second-order valence-electron chi connectivity index (χ2n) is 10.3. The molecule has 3 saturated heterocycles. The normalized spacial score (nSPS) is 33.0. The minimum Gasteiger partial charge on any atom is -0.465 e. The largest absolute Gasteiger partial charge is 0.465 e. The molecule has 8 nitrogen and oxygen atoms in total. The van der Waals surface area contributed by atoms with Crippen LogP contribution in [-0.4, -0.2) is 82.8 Å². The van der Waals surface area contributed by atoms with Crippen molar-refractivity contribution in [2.45, 2.75) is 76.5 Å². The highest BCUT2D eigenvalue weighted by Gasteiger charge is 2.80. The van der Waals surface area contributed by atoms with Gasteiger partial charge in [0.15, 0.2) is 0 Å². The van der Waals surface area contributed by atoms with Crippen molar-refractivity contribution in [2.75, 3.05) is 32.8 Å². The number of aliphatic hydroxyl groups excluding tert-OH is 1. The Labute approximate surface area is 209 Å². The average Bonchev–Trinajstić information content (AvgIpc) is 3.34. The van der Waals surface area contributed by atoms with E-state index in [1.54, 1.807) is 22.0 Å². The summed E-state index contributed by atoms with van der Waals surface area (Å²) < 4.78 is 12.3. The molecule has 0 aromatic heterocycles. The van der Waals surface area contributed by atoms with Gasteiger partial charge in [-0.2, -0.15) is 0 Å². The Bertz CT molecular complexity index is 830. The molecule has 3 aliphatic rings. The number of esters is 1. The van der Waals surface area contributed by atoms with Crippen molar-refractivity contribution >= 4 is 17.8 Å². The maximum absolute atomic E-state index is 14.0. The number of carbonyl (C=O) groups excluding carboxylic acids is 3. The van der Waals surface area contributed by atoms with Crippen molar-refractivity contribution in [2.24, 2.45) is 17.8 Å². The zero-order chi connectivity index (χ0) is 25.8. The fraction of sp³-hybridized carbons (Fsp3) is 0.741. The molecular formula is C27H42N2O6. The van der Waals surface area contributed by atoms with Crippen LogP contribution in [0.15, 0.2) is 25.3 Å². The Kier molecular flexibility index (Phi) is 8.81. The van der Waals surface area contributed by atoms with Crippen LogP contribution in [0.1, 0.15) is 59.3 Å². The van der Waals surface area contributed by atoms with Crippen LogP contribution in [0.2, 0.25) is 0 Å². The molecule has 0 radical (unpaired) electrons. The predicted octanol–water partition coefficient (Wildman–Crippen LogP) is 2.70. The monoisotopic (exact) mass is 490 g/mol. The fourth-order valence-electron chi connectivity index (χ4n) is 6.32. The third-order valence-electron chi connectivity index (χ3n) is 8.10. The van der Waals surface area contributed by atoms with Crippen LogP contribution < -0.4 is 0 Å². The average molecular weight is 491 g/mol. The summed E-state index contributed by atoms with van der Waals surface area (Å²) >= 11 is 0. The number of likely N-dealkylation sites (tertiary alicyclic amines) is 1. The molecule has 3 heterocycles. The molecule has 3 fully saturated rings. The molecule has 35 heavy (non-hydrogen) atoms. The summed E-state index contributed by atoms with van der Waals surface area (Å²) in [7, 11) is 0. The van der Waals surface area contributed by atoms with Crippen LogP contribution >= 0.6 is 0 Å². The van der Waals surface area contributed by atoms with E-state index in [0.717, 1.165) is 19.3 Å². The van der Waals surface area contributed by atoms with E-state index >= 15 is 0 Å². The van der Waals surface area contributed by atoms with Gasteiger partial charge in [0, 0.05) is 26.2 Å². The Hall–Kier alpha value is -2.19. The summed E-state index contributed by atoms with van der Waals surface area (Å²) in [5.41, 5.74) is -1.97. The zero-order valence-electron chi connectivity index (χ0n) is 21.5. The lowest BCUT2D eigenvalue weighted by Gasteiger charge is -2.37. The molecule has 196 valence electrons. The number of unbranched alkanes of at least 4 members (excludes halogenated alkanes) is 2. The maximum Gasteiger partial charge on any atom is 0.312 e. The minimum absolute atomic E-state index is 0.0335. The van der Waals surface area contributed by atoms with Crippen molar-refractivity contribution in [3.63, 3.8) is 0 Å². The predicted molar refractivity (Wildman–Crippen MR) is 132 cm³/mol. The van der Waals surface area contributed by atoms with Crippen LogP contribution in [0.25, 0.3) is 0 Å². The van der Waals surface area contributed by atoms with Crippen molar-refractivity contribution in [3.05, 3.63) is 25.3 Å². The molecule has 0 aliphatic carbocycles. The van der Waals surface area contributed by atoms with Crippen molar-refractivity contribution in [1.82, 2.24) is 9.80 Å². The van der Waals surface area contributed by atoms with Gasteiger partial charge in [-0.1, -0.05) is 32.4 Å². The molecule has 0 saturated carbocycles. The van der Waals surface area contributed by atoms with E-state index in [9.17, 15) is 19.5 Å². The number of hydrogen-bond acceptors (Lipinski definition) is 6. The number of rotatable bonds is 14. The van der Waals surface area contributed by atoms with Gasteiger partial charge in [-0.25, -0.2) is 0 Å². The van der Waals surface area contributed by atoms with E-state index in [2.05, 4.69) is 20.1 Å². The van der Waals surface area contributed by atoms with E-state index in [0.29, 0.717) is 32.4 Å². The van der Waals surface area contributed by atoms with Crippen LogP contribution in [-0.2, 0) is 23.9 Å². The first-order chi connectivity index (χ1) is 16.7. The van der Waals surface area contributed by atoms with Gasteiger partial charge in [0.05, 0.1) is 18.1 Å². The van der Waals surface area contributed by atoms with Crippen molar-refractivity contribution in [1.29, 1.82) is 0 Å². The fourth-order valence-corrected chi connectivity index (χ4v) is 6.32. The van der Waals surface area contributed by atoms with Crippen LogP contribution in [0, 0.1) is 17.8 Å². The van der Waals surface area contributed by atoms with Crippen LogP contribution in [0.3, 0.4) is 0 Å². The molecule has 3 aliphatic heterocycles. The van der Waals surface area contributed by atoms with Gasteiger partial charge >= 0.3 is 5.97 Å². The Morgan fingerprint density at radius 1 is 1.29 bits per heavy atom. The summed E-state index contributed by atoms with van der Waals surface area (Å²) in [5.74, 6) is -2.46. The van der Waals surface area contributed by atoms with E-state index < -0.39 is 35.0 Å². The molecule has 6 atom stereocenters.